The highest BCUT2D eigenvalue weighted by molar-refractivity contribution is 7.93. The van der Waals surface area contributed by atoms with E-state index in [0.717, 1.165) is 45.7 Å². The largest absolute Gasteiger partial charge is 0.303 e. The molecule has 1 spiro atoms. The van der Waals surface area contributed by atoms with Crippen LogP contribution in [0.3, 0.4) is 0 Å². The number of hydrogen-bond acceptors (Lipinski definition) is 4. The van der Waals surface area contributed by atoms with Crippen molar-refractivity contribution in [1.29, 1.82) is 0 Å². The van der Waals surface area contributed by atoms with Gasteiger partial charge in [0.05, 0.1) is 5.75 Å². The molecule has 3 aliphatic heterocycles. The summed E-state index contributed by atoms with van der Waals surface area (Å²) in [5.41, 5.74) is 1.27. The van der Waals surface area contributed by atoms with Gasteiger partial charge in [-0.2, -0.15) is 0 Å². The van der Waals surface area contributed by atoms with Gasteiger partial charge in [-0.3, -0.25) is 4.90 Å². The van der Waals surface area contributed by atoms with Gasteiger partial charge < -0.3 is 4.90 Å². The second kappa shape index (κ2) is 6.43. The fraction of sp³-hybridized carbons (Fsp3) is 0.684. The van der Waals surface area contributed by atoms with E-state index >= 15 is 0 Å². The van der Waals surface area contributed by atoms with Crippen molar-refractivity contribution >= 4 is 9.84 Å². The second-order valence-corrected chi connectivity index (χ2v) is 10.3. The summed E-state index contributed by atoms with van der Waals surface area (Å²) in [7, 11) is -2.94. The maximum Gasteiger partial charge on any atom is 0.158 e. The maximum atomic E-state index is 12.8. The molecule has 3 aliphatic rings. The zero-order valence-electron chi connectivity index (χ0n) is 14.4. The third-order valence-electron chi connectivity index (χ3n) is 6.26. The molecule has 0 N–H and O–H groups in total. The van der Waals surface area contributed by atoms with Crippen LogP contribution in [0.1, 0.15) is 31.2 Å². The number of nitrogens with zero attached hydrogens (tertiary/aromatic N) is 2. The van der Waals surface area contributed by atoms with E-state index in [1.54, 1.807) is 0 Å². The molecule has 0 aliphatic carbocycles. The van der Waals surface area contributed by atoms with Crippen LogP contribution < -0.4 is 0 Å². The first-order chi connectivity index (χ1) is 11.6. The van der Waals surface area contributed by atoms with Crippen molar-refractivity contribution in [3.05, 3.63) is 35.9 Å². The molecule has 4 rings (SSSR count). The van der Waals surface area contributed by atoms with E-state index in [1.807, 2.05) is 6.07 Å². The Morgan fingerprint density at radius 3 is 2.42 bits per heavy atom. The molecular formula is C19H28N2O2S. The van der Waals surface area contributed by atoms with Crippen LogP contribution in [0.25, 0.3) is 0 Å². The molecule has 1 aromatic carbocycles. The lowest BCUT2D eigenvalue weighted by Crippen LogP contribution is -2.67. The van der Waals surface area contributed by atoms with E-state index in [1.165, 1.54) is 24.8 Å². The summed E-state index contributed by atoms with van der Waals surface area (Å²) in [5, 5.41) is 0. The predicted molar refractivity (Wildman–Crippen MR) is 96.6 cm³/mol. The van der Waals surface area contributed by atoms with Gasteiger partial charge in [0.25, 0.3) is 0 Å². The molecule has 0 radical (unpaired) electrons. The van der Waals surface area contributed by atoms with Crippen molar-refractivity contribution in [3.63, 3.8) is 0 Å². The van der Waals surface area contributed by atoms with Crippen LogP contribution in [-0.4, -0.2) is 61.4 Å². The number of sulfone groups is 1. The molecule has 4 nitrogen and oxygen atoms in total. The lowest BCUT2D eigenvalue weighted by molar-refractivity contribution is 0.0586. The predicted octanol–water partition coefficient (Wildman–Crippen LogP) is 2.16. The summed E-state index contributed by atoms with van der Waals surface area (Å²) in [6.07, 6.45) is 4.73. The molecule has 132 valence electrons. The van der Waals surface area contributed by atoms with Crippen molar-refractivity contribution in [1.82, 2.24) is 9.80 Å². The molecule has 3 saturated heterocycles. The zero-order valence-corrected chi connectivity index (χ0v) is 15.2. The summed E-state index contributed by atoms with van der Waals surface area (Å²) < 4.78 is 25.1. The fourth-order valence-electron chi connectivity index (χ4n) is 4.85. The molecule has 0 bridgehead atoms. The zero-order chi connectivity index (χ0) is 16.6. The van der Waals surface area contributed by atoms with E-state index in [9.17, 15) is 8.42 Å². The minimum atomic E-state index is -2.94. The summed E-state index contributed by atoms with van der Waals surface area (Å²) in [4.78, 5) is 4.82. The molecular weight excluding hydrogens is 320 g/mol. The molecule has 1 aromatic rings. The fourth-order valence-corrected chi connectivity index (χ4v) is 7.31. The monoisotopic (exact) mass is 348 g/mol. The quantitative estimate of drug-likeness (QED) is 0.836. The van der Waals surface area contributed by atoms with E-state index < -0.39 is 14.6 Å². The van der Waals surface area contributed by atoms with Crippen LogP contribution >= 0.6 is 0 Å². The highest BCUT2D eigenvalue weighted by atomic mass is 32.2. The summed E-state index contributed by atoms with van der Waals surface area (Å²) in [5.74, 6) is 0.720. The minimum Gasteiger partial charge on any atom is -0.303 e. The van der Waals surface area contributed by atoms with Gasteiger partial charge in [0.1, 0.15) is 4.75 Å². The normalized spacial score (nSPS) is 29.6. The first kappa shape index (κ1) is 16.6. The van der Waals surface area contributed by atoms with E-state index in [2.05, 4.69) is 34.1 Å². The Hall–Kier alpha value is -0.910. The van der Waals surface area contributed by atoms with Gasteiger partial charge in [-0.05, 0) is 43.8 Å². The average Bonchev–Trinajstić information content (AvgIpc) is 2.81. The Balaban J connectivity index is 1.43. The molecule has 1 unspecified atom stereocenters. The number of benzene rings is 1. The first-order valence-corrected chi connectivity index (χ1v) is 11.0. The third kappa shape index (κ3) is 2.91. The van der Waals surface area contributed by atoms with Gasteiger partial charge in [-0.15, -0.1) is 0 Å². The summed E-state index contributed by atoms with van der Waals surface area (Å²) in [6.45, 7) is 5.61. The van der Waals surface area contributed by atoms with Crippen molar-refractivity contribution in [3.8, 4) is 0 Å². The molecule has 0 amide bonds. The number of rotatable bonds is 4. The van der Waals surface area contributed by atoms with E-state index in [-0.39, 0.29) is 0 Å². The van der Waals surface area contributed by atoms with Crippen molar-refractivity contribution in [2.45, 2.75) is 37.0 Å². The van der Waals surface area contributed by atoms with Crippen LogP contribution in [0, 0.1) is 5.92 Å². The van der Waals surface area contributed by atoms with E-state index in [4.69, 9.17) is 0 Å². The summed E-state index contributed by atoms with van der Waals surface area (Å²) in [6, 6.07) is 10.4. The lowest BCUT2D eigenvalue weighted by Gasteiger charge is -2.51. The smallest absolute Gasteiger partial charge is 0.158 e. The standard InChI is InChI=1S/C19H28N2O2S/c22-24(23)12-9-18(14-20-10-5-2-6-11-20)19(24)15-21(16-19)13-17-7-3-1-4-8-17/h1,3-4,7-8,18H,2,5-6,9-16H2. The third-order valence-corrected chi connectivity index (χ3v) is 8.86. The van der Waals surface area contributed by atoms with Crippen LogP contribution in [0.2, 0.25) is 0 Å². The van der Waals surface area contributed by atoms with Gasteiger partial charge in [-0.25, -0.2) is 8.42 Å². The number of hydrogen-bond donors (Lipinski definition) is 0. The molecule has 3 heterocycles. The number of piperidine rings is 1. The van der Waals surface area contributed by atoms with Crippen LogP contribution in [0.15, 0.2) is 30.3 Å². The van der Waals surface area contributed by atoms with Crippen molar-refractivity contribution in [2.75, 3.05) is 38.5 Å². The van der Waals surface area contributed by atoms with Gasteiger partial charge in [0.2, 0.25) is 0 Å². The molecule has 0 aromatic heterocycles. The Bertz CT molecular complexity index is 662. The molecule has 24 heavy (non-hydrogen) atoms. The maximum absolute atomic E-state index is 12.8. The second-order valence-electron chi connectivity index (χ2n) is 7.86. The van der Waals surface area contributed by atoms with Crippen LogP contribution in [0.5, 0.6) is 0 Å². The van der Waals surface area contributed by atoms with Crippen LogP contribution in [-0.2, 0) is 16.4 Å². The molecule has 3 fully saturated rings. The Morgan fingerprint density at radius 1 is 1.00 bits per heavy atom. The topological polar surface area (TPSA) is 40.6 Å². The Labute approximate surface area is 145 Å². The number of likely N-dealkylation sites (tertiary alicyclic amines) is 2. The Morgan fingerprint density at radius 2 is 1.71 bits per heavy atom. The van der Waals surface area contributed by atoms with Gasteiger partial charge in [0.15, 0.2) is 9.84 Å². The van der Waals surface area contributed by atoms with Gasteiger partial charge >= 0.3 is 0 Å². The minimum absolute atomic E-state index is 0.327. The van der Waals surface area contributed by atoms with Crippen molar-refractivity contribution < 1.29 is 8.42 Å². The molecule has 0 saturated carbocycles. The SMILES string of the molecule is O=S1(=O)CCC(CN2CCCCC2)C12CN(Cc1ccccc1)C2. The van der Waals surface area contributed by atoms with Crippen LogP contribution in [0.4, 0.5) is 0 Å². The van der Waals surface area contributed by atoms with Crippen molar-refractivity contribution in [2.24, 2.45) is 5.92 Å². The highest BCUT2D eigenvalue weighted by Crippen LogP contribution is 2.45. The molecule has 1 atom stereocenters. The summed E-state index contributed by atoms with van der Waals surface area (Å²) >= 11 is 0. The average molecular weight is 349 g/mol. The first-order valence-electron chi connectivity index (χ1n) is 9.30. The van der Waals surface area contributed by atoms with E-state index in [0.29, 0.717) is 11.7 Å². The molecule has 5 heteroatoms. The van der Waals surface area contributed by atoms with Gasteiger partial charge in [0, 0.05) is 26.2 Å². The Kier molecular flexibility index (Phi) is 4.43. The highest BCUT2D eigenvalue weighted by Gasteiger charge is 2.61. The van der Waals surface area contributed by atoms with Gasteiger partial charge in [-0.1, -0.05) is 36.8 Å². The lowest BCUT2D eigenvalue weighted by atomic mass is 9.82.